The summed E-state index contributed by atoms with van der Waals surface area (Å²) >= 11 is 3.55. The van der Waals surface area contributed by atoms with Crippen LogP contribution in [-0.2, 0) is 0 Å². The Labute approximate surface area is 167 Å². The van der Waals surface area contributed by atoms with Crippen molar-refractivity contribution in [2.24, 2.45) is 0 Å². The number of hydrogen-bond acceptors (Lipinski definition) is 1. The highest BCUT2D eigenvalue weighted by Gasteiger charge is 2.16. The molecule has 6 rings (SSSR count). The number of nitrogens with one attached hydrogen (secondary N) is 2. The van der Waals surface area contributed by atoms with Gasteiger partial charge < -0.3 is 9.97 Å². The van der Waals surface area contributed by atoms with Crippen LogP contribution in [0.3, 0.4) is 0 Å². The zero-order valence-electron chi connectivity index (χ0n) is 14.6. The lowest BCUT2D eigenvalue weighted by atomic mass is 10.00. The van der Waals surface area contributed by atoms with Crippen molar-refractivity contribution in [2.75, 3.05) is 0 Å². The van der Waals surface area contributed by atoms with E-state index >= 15 is 0 Å². The van der Waals surface area contributed by atoms with E-state index in [9.17, 15) is 4.39 Å². The highest BCUT2D eigenvalue weighted by atomic mass is 79.9. The van der Waals surface area contributed by atoms with Gasteiger partial charge in [0.05, 0.1) is 11.0 Å². The van der Waals surface area contributed by atoms with Crippen LogP contribution in [0, 0.1) is 5.82 Å². The highest BCUT2D eigenvalue weighted by Crippen LogP contribution is 2.37. The van der Waals surface area contributed by atoms with E-state index in [-0.39, 0.29) is 5.82 Å². The van der Waals surface area contributed by atoms with E-state index in [1.54, 1.807) is 6.07 Å². The average molecular weight is 430 g/mol. The monoisotopic (exact) mass is 429 g/mol. The SMILES string of the molecule is Fc1ccc2c(c1)c1ccccc1c1nc(-c3c[nH]c4ccc(Br)cc34)[nH]c21. The molecule has 0 bridgehead atoms. The Hall–Kier alpha value is -3.18. The number of H-pyrrole nitrogens is 2. The first-order valence-electron chi connectivity index (χ1n) is 8.96. The van der Waals surface area contributed by atoms with Crippen molar-refractivity contribution in [1.82, 2.24) is 15.0 Å². The first-order valence-corrected chi connectivity index (χ1v) is 9.75. The molecule has 28 heavy (non-hydrogen) atoms. The summed E-state index contributed by atoms with van der Waals surface area (Å²) in [7, 11) is 0. The van der Waals surface area contributed by atoms with Crippen molar-refractivity contribution in [1.29, 1.82) is 0 Å². The molecule has 3 nitrogen and oxygen atoms in total. The van der Waals surface area contributed by atoms with Gasteiger partial charge in [0.25, 0.3) is 0 Å². The quantitative estimate of drug-likeness (QED) is 0.273. The lowest BCUT2D eigenvalue weighted by Gasteiger charge is -2.05. The predicted octanol–water partition coefficient (Wildman–Crippen LogP) is 6.92. The van der Waals surface area contributed by atoms with E-state index in [2.05, 4.69) is 32.0 Å². The van der Waals surface area contributed by atoms with E-state index in [4.69, 9.17) is 4.98 Å². The third-order valence-electron chi connectivity index (χ3n) is 5.33. The van der Waals surface area contributed by atoms with E-state index in [0.717, 1.165) is 59.3 Å². The fourth-order valence-corrected chi connectivity index (χ4v) is 4.42. The van der Waals surface area contributed by atoms with Crippen LogP contribution in [-0.4, -0.2) is 15.0 Å². The van der Waals surface area contributed by atoms with Gasteiger partial charge in [0.1, 0.15) is 11.6 Å². The number of imidazole rings is 1. The van der Waals surface area contributed by atoms with Gasteiger partial charge in [-0.05, 0) is 47.2 Å². The summed E-state index contributed by atoms with van der Waals surface area (Å²) in [5.74, 6) is 0.555. The molecule has 0 saturated carbocycles. The van der Waals surface area contributed by atoms with Crippen LogP contribution in [0.5, 0.6) is 0 Å². The van der Waals surface area contributed by atoms with Crippen LogP contribution < -0.4 is 0 Å². The molecular formula is C23H13BrFN3. The van der Waals surface area contributed by atoms with Crippen LogP contribution >= 0.6 is 15.9 Å². The molecule has 6 aromatic rings. The molecule has 5 heteroatoms. The zero-order chi connectivity index (χ0) is 18.8. The minimum absolute atomic E-state index is 0.238. The number of nitrogens with zero attached hydrogens (tertiary/aromatic N) is 1. The molecule has 2 aromatic heterocycles. The third kappa shape index (κ3) is 2.17. The maximum Gasteiger partial charge on any atom is 0.140 e. The number of hydrogen-bond donors (Lipinski definition) is 2. The minimum atomic E-state index is -0.238. The third-order valence-corrected chi connectivity index (χ3v) is 5.82. The molecule has 0 unspecified atom stereocenters. The number of aromatic nitrogens is 3. The first kappa shape index (κ1) is 15.8. The van der Waals surface area contributed by atoms with Crippen molar-refractivity contribution >= 4 is 59.4 Å². The summed E-state index contributed by atoms with van der Waals surface area (Å²) in [6.07, 6.45) is 1.97. The number of fused-ring (bicyclic) bond motifs is 7. The van der Waals surface area contributed by atoms with E-state index < -0.39 is 0 Å². The van der Waals surface area contributed by atoms with Gasteiger partial charge in [-0.15, -0.1) is 0 Å². The molecule has 134 valence electrons. The molecule has 0 atom stereocenters. The van der Waals surface area contributed by atoms with Crippen LogP contribution in [0.15, 0.2) is 71.3 Å². The Balaban J connectivity index is 1.76. The Morgan fingerprint density at radius 3 is 2.57 bits per heavy atom. The van der Waals surface area contributed by atoms with E-state index in [1.807, 2.05) is 48.7 Å². The van der Waals surface area contributed by atoms with Crippen LogP contribution in [0.2, 0.25) is 0 Å². The second kappa shape index (κ2) is 5.66. The molecule has 2 N–H and O–H groups in total. The van der Waals surface area contributed by atoms with Gasteiger partial charge in [0.15, 0.2) is 0 Å². The summed E-state index contributed by atoms with van der Waals surface area (Å²) < 4.78 is 15.0. The molecule has 0 spiro atoms. The minimum Gasteiger partial charge on any atom is -0.360 e. The molecule has 0 radical (unpaired) electrons. The van der Waals surface area contributed by atoms with Crippen molar-refractivity contribution < 1.29 is 4.39 Å². The van der Waals surface area contributed by atoms with Gasteiger partial charge in [0.2, 0.25) is 0 Å². The standard InChI is InChI=1S/C23H13BrFN3/c24-12-5-8-20-18(9-12)19(11-26-20)23-27-21-15-4-2-1-3-14(15)17-10-13(25)6-7-16(17)22(21)28-23/h1-11,26H,(H,27,28). The first-order chi connectivity index (χ1) is 13.7. The Bertz CT molecular complexity index is 1540. The average Bonchev–Trinajstić information content (AvgIpc) is 3.32. The summed E-state index contributed by atoms with van der Waals surface area (Å²) in [4.78, 5) is 11.8. The highest BCUT2D eigenvalue weighted by molar-refractivity contribution is 9.10. The molecule has 0 aliphatic heterocycles. The van der Waals surface area contributed by atoms with E-state index in [1.165, 1.54) is 6.07 Å². The van der Waals surface area contributed by atoms with Crippen LogP contribution in [0.1, 0.15) is 0 Å². The van der Waals surface area contributed by atoms with Gasteiger partial charge in [-0.25, -0.2) is 9.37 Å². The van der Waals surface area contributed by atoms with Crippen molar-refractivity contribution in [3.63, 3.8) is 0 Å². The molecule has 0 aliphatic rings. The normalized spacial score (nSPS) is 11.9. The number of halogens is 2. The number of aromatic amines is 2. The van der Waals surface area contributed by atoms with Gasteiger partial charge in [-0.3, -0.25) is 0 Å². The fraction of sp³-hybridized carbons (Fsp3) is 0. The van der Waals surface area contributed by atoms with Crippen molar-refractivity contribution in [3.05, 3.63) is 77.2 Å². The molecule has 0 aliphatic carbocycles. The van der Waals surface area contributed by atoms with Crippen LogP contribution in [0.25, 0.3) is 54.9 Å². The van der Waals surface area contributed by atoms with Gasteiger partial charge in [-0.1, -0.05) is 40.2 Å². The van der Waals surface area contributed by atoms with Crippen molar-refractivity contribution in [2.45, 2.75) is 0 Å². The lowest BCUT2D eigenvalue weighted by Crippen LogP contribution is -1.83. The summed E-state index contributed by atoms with van der Waals surface area (Å²) in [5.41, 5.74) is 3.88. The lowest BCUT2D eigenvalue weighted by molar-refractivity contribution is 0.630. The Morgan fingerprint density at radius 1 is 0.821 bits per heavy atom. The smallest absolute Gasteiger partial charge is 0.140 e. The summed E-state index contributed by atoms with van der Waals surface area (Å²) in [6.45, 7) is 0. The number of benzene rings is 4. The van der Waals surface area contributed by atoms with Crippen molar-refractivity contribution in [3.8, 4) is 11.4 Å². The largest absolute Gasteiger partial charge is 0.360 e. The summed E-state index contributed by atoms with van der Waals surface area (Å²) in [5, 5.41) is 4.96. The Morgan fingerprint density at radius 2 is 1.68 bits per heavy atom. The summed E-state index contributed by atoms with van der Waals surface area (Å²) in [6, 6.07) is 19.1. The molecular weight excluding hydrogens is 417 g/mol. The van der Waals surface area contributed by atoms with Gasteiger partial charge in [0, 0.05) is 37.9 Å². The van der Waals surface area contributed by atoms with Crippen LogP contribution in [0.4, 0.5) is 4.39 Å². The molecule has 0 amide bonds. The molecule has 0 fully saturated rings. The molecule has 0 saturated heterocycles. The van der Waals surface area contributed by atoms with Gasteiger partial charge in [-0.2, -0.15) is 0 Å². The maximum atomic E-state index is 14.0. The molecule has 2 heterocycles. The van der Waals surface area contributed by atoms with Gasteiger partial charge >= 0.3 is 0 Å². The topological polar surface area (TPSA) is 44.5 Å². The van der Waals surface area contributed by atoms with E-state index in [0.29, 0.717) is 0 Å². The Kier molecular flexibility index (Phi) is 3.20. The second-order valence-electron chi connectivity index (χ2n) is 6.94. The zero-order valence-corrected chi connectivity index (χ0v) is 16.1. The predicted molar refractivity (Wildman–Crippen MR) is 116 cm³/mol. The second-order valence-corrected chi connectivity index (χ2v) is 7.85. The molecule has 4 aromatic carbocycles. The number of rotatable bonds is 1. The fourth-order valence-electron chi connectivity index (χ4n) is 4.06. The maximum absolute atomic E-state index is 14.0.